The van der Waals surface area contributed by atoms with Crippen LogP contribution in [0.15, 0.2) is 29.0 Å². The summed E-state index contributed by atoms with van der Waals surface area (Å²) in [5.74, 6) is 1.74. The van der Waals surface area contributed by atoms with Gasteiger partial charge in [-0.1, -0.05) is 19.0 Å². The number of aromatic nitrogens is 3. The fourth-order valence-corrected chi connectivity index (χ4v) is 1.20. The minimum absolute atomic E-state index is 0.317. The Bertz CT molecular complexity index is 389. The summed E-state index contributed by atoms with van der Waals surface area (Å²) in [6.45, 7) is 4.74. The quantitative estimate of drug-likeness (QED) is 0.745. The molecular weight excluding hydrogens is 178 g/mol. The van der Waals surface area contributed by atoms with Crippen molar-refractivity contribution in [3.8, 4) is 0 Å². The standard InChI is InChI=1S/C10H13N3O/c1-8(2)10-11-9(14-12-10)7-13-5-3-4-6-13/h3-6,8H,7H2,1-2H3. The molecule has 0 aliphatic heterocycles. The summed E-state index contributed by atoms with van der Waals surface area (Å²) in [6, 6.07) is 3.94. The summed E-state index contributed by atoms with van der Waals surface area (Å²) < 4.78 is 7.11. The molecular formula is C10H13N3O. The van der Waals surface area contributed by atoms with Gasteiger partial charge in [0.25, 0.3) is 0 Å². The van der Waals surface area contributed by atoms with Crippen molar-refractivity contribution in [1.29, 1.82) is 0 Å². The molecule has 0 unspecified atom stereocenters. The molecule has 0 radical (unpaired) electrons. The van der Waals surface area contributed by atoms with Crippen LogP contribution in [0.3, 0.4) is 0 Å². The van der Waals surface area contributed by atoms with E-state index in [1.165, 1.54) is 0 Å². The van der Waals surface area contributed by atoms with E-state index in [0.29, 0.717) is 18.4 Å². The molecule has 0 fully saturated rings. The Morgan fingerprint density at radius 1 is 1.36 bits per heavy atom. The topological polar surface area (TPSA) is 43.9 Å². The third-order valence-electron chi connectivity index (χ3n) is 1.98. The number of nitrogens with zero attached hydrogens (tertiary/aromatic N) is 3. The van der Waals surface area contributed by atoms with Gasteiger partial charge in [0.2, 0.25) is 5.89 Å². The van der Waals surface area contributed by atoms with Gasteiger partial charge in [0.1, 0.15) is 6.54 Å². The van der Waals surface area contributed by atoms with E-state index in [1.54, 1.807) is 0 Å². The van der Waals surface area contributed by atoms with Crippen LogP contribution in [0, 0.1) is 0 Å². The van der Waals surface area contributed by atoms with Crippen molar-refractivity contribution < 1.29 is 4.52 Å². The Hall–Kier alpha value is -1.58. The van der Waals surface area contributed by atoms with Crippen LogP contribution in [0.25, 0.3) is 0 Å². The van der Waals surface area contributed by atoms with Crippen molar-refractivity contribution in [2.45, 2.75) is 26.3 Å². The predicted octanol–water partition coefficient (Wildman–Crippen LogP) is 2.04. The van der Waals surface area contributed by atoms with Gasteiger partial charge in [0, 0.05) is 18.3 Å². The second kappa shape index (κ2) is 3.65. The highest BCUT2D eigenvalue weighted by Gasteiger charge is 2.09. The van der Waals surface area contributed by atoms with Gasteiger partial charge in [-0.25, -0.2) is 0 Å². The second-order valence-electron chi connectivity index (χ2n) is 3.56. The maximum absolute atomic E-state index is 5.12. The molecule has 2 rings (SSSR count). The molecule has 0 aliphatic rings. The molecule has 4 heteroatoms. The monoisotopic (exact) mass is 191 g/mol. The molecule has 14 heavy (non-hydrogen) atoms. The largest absolute Gasteiger partial charge is 0.345 e. The van der Waals surface area contributed by atoms with E-state index in [1.807, 2.05) is 42.9 Å². The Morgan fingerprint density at radius 2 is 2.07 bits per heavy atom. The normalized spacial score (nSPS) is 11.1. The van der Waals surface area contributed by atoms with Gasteiger partial charge in [-0.2, -0.15) is 4.98 Å². The molecule has 2 aromatic rings. The van der Waals surface area contributed by atoms with Crippen molar-refractivity contribution >= 4 is 0 Å². The highest BCUT2D eigenvalue weighted by molar-refractivity contribution is 4.96. The molecule has 0 aliphatic carbocycles. The molecule has 0 saturated carbocycles. The van der Waals surface area contributed by atoms with Crippen LogP contribution in [0.4, 0.5) is 0 Å². The molecule has 2 heterocycles. The SMILES string of the molecule is CC(C)c1noc(Cn2cccc2)n1. The molecule has 4 nitrogen and oxygen atoms in total. The van der Waals surface area contributed by atoms with Gasteiger partial charge < -0.3 is 9.09 Å². The van der Waals surface area contributed by atoms with Gasteiger partial charge in [0.15, 0.2) is 5.82 Å². The van der Waals surface area contributed by atoms with Gasteiger partial charge in [-0.05, 0) is 12.1 Å². The Morgan fingerprint density at radius 3 is 2.64 bits per heavy atom. The fourth-order valence-electron chi connectivity index (χ4n) is 1.20. The molecule has 0 saturated heterocycles. The zero-order valence-electron chi connectivity index (χ0n) is 8.34. The molecule has 74 valence electrons. The first kappa shape index (κ1) is 8.99. The summed E-state index contributed by atoms with van der Waals surface area (Å²) in [7, 11) is 0. The average molecular weight is 191 g/mol. The van der Waals surface area contributed by atoms with Crippen molar-refractivity contribution in [2.75, 3.05) is 0 Å². The molecule has 2 aromatic heterocycles. The lowest BCUT2D eigenvalue weighted by Gasteiger charge is -1.95. The highest BCUT2D eigenvalue weighted by Crippen LogP contribution is 2.10. The van der Waals surface area contributed by atoms with E-state index in [0.717, 1.165) is 5.82 Å². The van der Waals surface area contributed by atoms with Gasteiger partial charge >= 0.3 is 0 Å². The Balaban J connectivity index is 2.11. The third kappa shape index (κ3) is 1.84. The molecule has 0 atom stereocenters. The fraction of sp³-hybridized carbons (Fsp3) is 0.400. The van der Waals surface area contributed by atoms with E-state index < -0.39 is 0 Å². The first-order chi connectivity index (χ1) is 6.75. The maximum atomic E-state index is 5.12. The van der Waals surface area contributed by atoms with Crippen molar-refractivity contribution in [3.63, 3.8) is 0 Å². The minimum Gasteiger partial charge on any atom is -0.345 e. The van der Waals surface area contributed by atoms with Gasteiger partial charge in [0.05, 0.1) is 0 Å². The minimum atomic E-state index is 0.317. The first-order valence-electron chi connectivity index (χ1n) is 4.69. The average Bonchev–Trinajstić information content (AvgIpc) is 2.75. The van der Waals surface area contributed by atoms with Crippen LogP contribution in [-0.4, -0.2) is 14.7 Å². The number of rotatable bonds is 3. The van der Waals surface area contributed by atoms with E-state index in [-0.39, 0.29) is 0 Å². The number of hydrogen-bond acceptors (Lipinski definition) is 3. The van der Waals surface area contributed by atoms with Crippen LogP contribution in [-0.2, 0) is 6.54 Å². The van der Waals surface area contributed by atoms with Crippen LogP contribution in [0.5, 0.6) is 0 Å². The van der Waals surface area contributed by atoms with Crippen molar-refractivity contribution in [1.82, 2.24) is 14.7 Å². The molecule has 0 amide bonds. The lowest BCUT2D eigenvalue weighted by atomic mass is 10.2. The van der Waals surface area contributed by atoms with Gasteiger partial charge in [-0.3, -0.25) is 0 Å². The Labute approximate surface area is 82.6 Å². The molecule has 0 N–H and O–H groups in total. The summed E-state index contributed by atoms with van der Waals surface area (Å²) in [6.07, 6.45) is 3.94. The Kier molecular flexibility index (Phi) is 2.35. The van der Waals surface area contributed by atoms with Crippen LogP contribution >= 0.6 is 0 Å². The van der Waals surface area contributed by atoms with Crippen LogP contribution in [0.2, 0.25) is 0 Å². The lowest BCUT2D eigenvalue weighted by molar-refractivity contribution is 0.364. The molecule has 0 spiro atoms. The van der Waals surface area contributed by atoms with E-state index in [4.69, 9.17) is 4.52 Å². The smallest absolute Gasteiger partial charge is 0.246 e. The highest BCUT2D eigenvalue weighted by atomic mass is 16.5. The summed E-state index contributed by atoms with van der Waals surface area (Å²) in [4.78, 5) is 4.29. The second-order valence-corrected chi connectivity index (χ2v) is 3.56. The van der Waals surface area contributed by atoms with Crippen molar-refractivity contribution in [2.24, 2.45) is 0 Å². The van der Waals surface area contributed by atoms with E-state index in [9.17, 15) is 0 Å². The zero-order valence-corrected chi connectivity index (χ0v) is 8.34. The zero-order chi connectivity index (χ0) is 9.97. The van der Waals surface area contributed by atoms with E-state index >= 15 is 0 Å². The van der Waals surface area contributed by atoms with E-state index in [2.05, 4.69) is 10.1 Å². The van der Waals surface area contributed by atoms with Crippen LogP contribution < -0.4 is 0 Å². The summed E-state index contributed by atoms with van der Waals surface area (Å²) in [5, 5.41) is 3.90. The predicted molar refractivity (Wildman–Crippen MR) is 51.9 cm³/mol. The van der Waals surface area contributed by atoms with Crippen LogP contribution in [0.1, 0.15) is 31.5 Å². The summed E-state index contributed by atoms with van der Waals surface area (Å²) in [5.41, 5.74) is 0. The lowest BCUT2D eigenvalue weighted by Crippen LogP contribution is -1.97. The summed E-state index contributed by atoms with van der Waals surface area (Å²) >= 11 is 0. The van der Waals surface area contributed by atoms with Gasteiger partial charge in [-0.15, -0.1) is 0 Å². The first-order valence-corrected chi connectivity index (χ1v) is 4.69. The maximum Gasteiger partial charge on any atom is 0.246 e. The third-order valence-corrected chi connectivity index (χ3v) is 1.98. The van der Waals surface area contributed by atoms with Crippen molar-refractivity contribution in [3.05, 3.63) is 36.2 Å². The molecule has 0 bridgehead atoms. The molecule has 0 aromatic carbocycles. The number of hydrogen-bond donors (Lipinski definition) is 0.